The molecule has 0 amide bonds. The molecule has 0 radical (unpaired) electrons. The number of anilines is 1. The van der Waals surface area contributed by atoms with Gasteiger partial charge in [0.05, 0.1) is 10.9 Å². The second-order valence-electron chi connectivity index (χ2n) is 6.46. The maximum atomic E-state index is 6.14. The van der Waals surface area contributed by atoms with E-state index in [0.717, 1.165) is 49.1 Å². The van der Waals surface area contributed by atoms with E-state index in [2.05, 4.69) is 41.2 Å². The summed E-state index contributed by atoms with van der Waals surface area (Å²) in [5, 5.41) is 6.34. The molecule has 1 aliphatic rings. The lowest BCUT2D eigenvalue weighted by Crippen LogP contribution is -2.21. The SMILES string of the molecule is CN(Cc1ccccc1)c1nn(C2CCCCO2)c2cc(Cl)ncc12. The highest BCUT2D eigenvalue weighted by atomic mass is 35.5. The zero-order valence-electron chi connectivity index (χ0n) is 14.2. The van der Waals surface area contributed by atoms with E-state index in [-0.39, 0.29) is 6.23 Å². The summed E-state index contributed by atoms with van der Waals surface area (Å²) in [5.74, 6) is 0.900. The zero-order chi connectivity index (χ0) is 17.2. The highest BCUT2D eigenvalue weighted by molar-refractivity contribution is 6.30. The summed E-state index contributed by atoms with van der Waals surface area (Å²) < 4.78 is 7.91. The van der Waals surface area contributed by atoms with Crippen LogP contribution in [0.5, 0.6) is 0 Å². The number of fused-ring (bicyclic) bond motifs is 1. The van der Waals surface area contributed by atoms with Crippen LogP contribution in [-0.2, 0) is 11.3 Å². The van der Waals surface area contributed by atoms with Gasteiger partial charge in [-0.2, -0.15) is 5.10 Å². The van der Waals surface area contributed by atoms with Crippen LogP contribution in [0, 0.1) is 0 Å². The van der Waals surface area contributed by atoms with Crippen LogP contribution in [0.4, 0.5) is 5.82 Å². The highest BCUT2D eigenvalue weighted by Gasteiger charge is 2.23. The molecule has 4 rings (SSSR count). The Morgan fingerprint density at radius 2 is 2.12 bits per heavy atom. The molecule has 5 nitrogen and oxygen atoms in total. The molecule has 1 unspecified atom stereocenters. The number of benzene rings is 1. The molecule has 1 aromatic carbocycles. The first kappa shape index (κ1) is 16.4. The van der Waals surface area contributed by atoms with Crippen molar-refractivity contribution in [3.8, 4) is 0 Å². The zero-order valence-corrected chi connectivity index (χ0v) is 15.0. The molecule has 1 fully saturated rings. The van der Waals surface area contributed by atoms with E-state index in [1.807, 2.05) is 16.8 Å². The fraction of sp³-hybridized carbons (Fsp3) is 0.368. The van der Waals surface area contributed by atoms with Gasteiger partial charge in [0.15, 0.2) is 12.0 Å². The first-order chi connectivity index (χ1) is 12.2. The van der Waals surface area contributed by atoms with E-state index in [1.165, 1.54) is 5.56 Å². The Kier molecular flexibility index (Phi) is 4.59. The van der Waals surface area contributed by atoms with Crippen LogP contribution in [0.3, 0.4) is 0 Å². The van der Waals surface area contributed by atoms with Gasteiger partial charge in [0, 0.05) is 32.5 Å². The van der Waals surface area contributed by atoms with Crippen molar-refractivity contribution in [1.29, 1.82) is 0 Å². The highest BCUT2D eigenvalue weighted by Crippen LogP contribution is 2.32. The van der Waals surface area contributed by atoms with E-state index < -0.39 is 0 Å². The predicted molar refractivity (Wildman–Crippen MR) is 99.9 cm³/mol. The predicted octanol–water partition coefficient (Wildman–Crippen LogP) is 4.42. The molecule has 1 saturated heterocycles. The van der Waals surface area contributed by atoms with Gasteiger partial charge in [0.2, 0.25) is 0 Å². The monoisotopic (exact) mass is 356 g/mol. The summed E-state index contributed by atoms with van der Waals surface area (Å²) >= 11 is 6.14. The van der Waals surface area contributed by atoms with E-state index in [9.17, 15) is 0 Å². The molecular weight excluding hydrogens is 336 g/mol. The van der Waals surface area contributed by atoms with Crippen molar-refractivity contribution in [3.63, 3.8) is 0 Å². The molecule has 130 valence electrons. The van der Waals surface area contributed by atoms with Gasteiger partial charge < -0.3 is 9.64 Å². The average Bonchev–Trinajstić information content (AvgIpc) is 3.02. The second kappa shape index (κ2) is 7.02. The lowest BCUT2D eigenvalue weighted by molar-refractivity contribution is -0.0365. The number of pyridine rings is 1. The minimum absolute atomic E-state index is 0.0337. The van der Waals surface area contributed by atoms with Gasteiger partial charge >= 0.3 is 0 Å². The summed E-state index contributed by atoms with van der Waals surface area (Å²) in [6.07, 6.45) is 5.01. The third kappa shape index (κ3) is 3.34. The number of ether oxygens (including phenoxy) is 1. The van der Waals surface area contributed by atoms with Crippen molar-refractivity contribution in [2.45, 2.75) is 32.0 Å². The summed E-state index contributed by atoms with van der Waals surface area (Å²) in [6, 6.07) is 12.2. The van der Waals surface area contributed by atoms with Crippen molar-refractivity contribution in [3.05, 3.63) is 53.3 Å². The third-order valence-electron chi connectivity index (χ3n) is 4.59. The normalized spacial score (nSPS) is 17.8. The van der Waals surface area contributed by atoms with Gasteiger partial charge in [-0.05, 0) is 24.8 Å². The maximum absolute atomic E-state index is 6.14. The van der Waals surface area contributed by atoms with Crippen molar-refractivity contribution < 1.29 is 4.74 Å². The van der Waals surface area contributed by atoms with Crippen LogP contribution < -0.4 is 4.90 Å². The molecule has 25 heavy (non-hydrogen) atoms. The van der Waals surface area contributed by atoms with Crippen molar-refractivity contribution in [1.82, 2.24) is 14.8 Å². The van der Waals surface area contributed by atoms with E-state index in [1.54, 1.807) is 6.20 Å². The Morgan fingerprint density at radius 1 is 1.28 bits per heavy atom. The van der Waals surface area contributed by atoms with Crippen molar-refractivity contribution in [2.75, 3.05) is 18.6 Å². The number of rotatable bonds is 4. The Hall–Kier alpha value is -2.11. The first-order valence-corrected chi connectivity index (χ1v) is 9.00. The molecule has 1 atom stereocenters. The summed E-state index contributed by atoms with van der Waals surface area (Å²) in [6.45, 7) is 1.56. The summed E-state index contributed by atoms with van der Waals surface area (Å²) in [4.78, 5) is 6.41. The molecular formula is C19H21ClN4O. The van der Waals surface area contributed by atoms with Gasteiger partial charge in [-0.25, -0.2) is 9.67 Å². The minimum Gasteiger partial charge on any atom is -0.356 e. The number of aromatic nitrogens is 3. The van der Waals surface area contributed by atoms with Gasteiger partial charge in [0.25, 0.3) is 0 Å². The molecule has 1 aliphatic heterocycles. The molecule has 0 saturated carbocycles. The van der Waals surface area contributed by atoms with E-state index in [0.29, 0.717) is 5.15 Å². The van der Waals surface area contributed by atoms with Gasteiger partial charge in [-0.15, -0.1) is 0 Å². The van der Waals surface area contributed by atoms with E-state index in [4.69, 9.17) is 21.4 Å². The van der Waals surface area contributed by atoms with Gasteiger partial charge in [-0.1, -0.05) is 41.9 Å². The van der Waals surface area contributed by atoms with Crippen molar-refractivity contribution in [2.24, 2.45) is 0 Å². The second-order valence-corrected chi connectivity index (χ2v) is 6.84. The Bertz CT molecular complexity index is 858. The van der Waals surface area contributed by atoms with Gasteiger partial charge in [-0.3, -0.25) is 0 Å². The number of hydrogen-bond acceptors (Lipinski definition) is 4. The topological polar surface area (TPSA) is 43.2 Å². The smallest absolute Gasteiger partial charge is 0.160 e. The van der Waals surface area contributed by atoms with Crippen LogP contribution in [0.1, 0.15) is 31.1 Å². The van der Waals surface area contributed by atoms with Crippen LogP contribution in [-0.4, -0.2) is 28.4 Å². The molecule has 0 spiro atoms. The Morgan fingerprint density at radius 3 is 2.88 bits per heavy atom. The Balaban J connectivity index is 1.73. The van der Waals surface area contributed by atoms with Crippen LogP contribution >= 0.6 is 11.6 Å². The lowest BCUT2D eigenvalue weighted by Gasteiger charge is -2.23. The molecule has 0 aliphatic carbocycles. The molecule has 3 heterocycles. The maximum Gasteiger partial charge on any atom is 0.160 e. The van der Waals surface area contributed by atoms with Crippen LogP contribution in [0.2, 0.25) is 5.15 Å². The summed E-state index contributed by atoms with van der Waals surface area (Å²) in [5.41, 5.74) is 2.21. The number of halogens is 1. The first-order valence-electron chi connectivity index (χ1n) is 8.63. The lowest BCUT2D eigenvalue weighted by atomic mass is 10.2. The molecule has 6 heteroatoms. The quantitative estimate of drug-likeness (QED) is 0.649. The average molecular weight is 357 g/mol. The Labute approximate surface area is 152 Å². The fourth-order valence-corrected chi connectivity index (χ4v) is 3.49. The number of nitrogens with zero attached hydrogens (tertiary/aromatic N) is 4. The molecule has 0 N–H and O–H groups in total. The molecule has 2 aromatic heterocycles. The fourth-order valence-electron chi connectivity index (χ4n) is 3.34. The molecule has 3 aromatic rings. The van der Waals surface area contributed by atoms with Crippen molar-refractivity contribution >= 4 is 28.3 Å². The third-order valence-corrected chi connectivity index (χ3v) is 4.80. The standard InChI is InChI=1S/C19H21ClN4O/c1-23(13-14-7-3-2-4-8-14)19-15-12-21-17(20)11-16(15)24(22-19)18-9-5-6-10-25-18/h2-4,7-8,11-12,18H,5-6,9-10,13H2,1H3. The molecule has 0 bridgehead atoms. The van der Waals surface area contributed by atoms with Gasteiger partial charge in [0.1, 0.15) is 5.15 Å². The van der Waals surface area contributed by atoms with E-state index >= 15 is 0 Å². The summed E-state index contributed by atoms with van der Waals surface area (Å²) in [7, 11) is 2.05. The van der Waals surface area contributed by atoms with Crippen LogP contribution in [0.25, 0.3) is 10.9 Å². The number of hydrogen-bond donors (Lipinski definition) is 0. The largest absolute Gasteiger partial charge is 0.356 e. The minimum atomic E-state index is -0.0337. The van der Waals surface area contributed by atoms with Crippen LogP contribution in [0.15, 0.2) is 42.6 Å².